The highest BCUT2D eigenvalue weighted by Gasteiger charge is 1.93. The maximum absolute atomic E-state index is 4.21. The van der Waals surface area contributed by atoms with Gasteiger partial charge in [-0.1, -0.05) is 13.8 Å². The number of aryl methyl sites for hydroxylation is 1. The third-order valence-electron chi connectivity index (χ3n) is 1.48. The van der Waals surface area contributed by atoms with E-state index in [0.29, 0.717) is 0 Å². The lowest BCUT2D eigenvalue weighted by Crippen LogP contribution is -1.90. The van der Waals surface area contributed by atoms with Gasteiger partial charge in [0.25, 0.3) is 0 Å². The topological polar surface area (TPSA) is 12.0 Å². The molecule has 68 valence electrons. The Morgan fingerprint density at radius 1 is 1.25 bits per heavy atom. The summed E-state index contributed by atoms with van der Waals surface area (Å²) in [7, 11) is 1.92. The molecule has 0 amide bonds. The third kappa shape index (κ3) is 3.18. The van der Waals surface area contributed by atoms with Crippen molar-refractivity contribution >= 4 is 18.3 Å². The van der Waals surface area contributed by atoms with Gasteiger partial charge in [0.15, 0.2) is 0 Å². The van der Waals surface area contributed by atoms with Crippen LogP contribution in [0.25, 0.3) is 0 Å². The van der Waals surface area contributed by atoms with Crippen LogP contribution in [0.1, 0.15) is 19.4 Å². The molecule has 0 unspecified atom stereocenters. The van der Waals surface area contributed by atoms with E-state index in [2.05, 4.69) is 24.9 Å². The highest BCUT2D eigenvalue weighted by molar-refractivity contribution is 7.80. The molecule has 12 heavy (non-hydrogen) atoms. The molecule has 0 aromatic heterocycles. The largest absolute Gasteiger partial charge is 0.388 e. The number of hydrogen-bond donors (Lipinski definition) is 2. The predicted molar refractivity (Wildman–Crippen MR) is 59.3 cm³/mol. The lowest BCUT2D eigenvalue weighted by Gasteiger charge is -2.03. The highest BCUT2D eigenvalue weighted by atomic mass is 32.1. The average molecular weight is 183 g/mol. The molecular formula is C10H17NS. The summed E-state index contributed by atoms with van der Waals surface area (Å²) in [5.41, 5.74) is 2.40. The summed E-state index contributed by atoms with van der Waals surface area (Å²) in [6, 6.07) is 6.04. The van der Waals surface area contributed by atoms with Crippen molar-refractivity contribution in [2.45, 2.75) is 25.7 Å². The third-order valence-corrected chi connectivity index (χ3v) is 1.76. The van der Waals surface area contributed by atoms with Crippen LogP contribution in [0.4, 0.5) is 5.69 Å². The first-order chi connectivity index (χ1) is 5.74. The van der Waals surface area contributed by atoms with E-state index in [9.17, 15) is 0 Å². The molecular weight excluding hydrogens is 166 g/mol. The van der Waals surface area contributed by atoms with Crippen LogP contribution in [0.2, 0.25) is 0 Å². The predicted octanol–water partition coefficient (Wildman–Crippen LogP) is 3.35. The zero-order chi connectivity index (χ0) is 9.56. The summed E-state index contributed by atoms with van der Waals surface area (Å²) in [5.74, 6) is 0. The quantitative estimate of drug-likeness (QED) is 0.636. The van der Waals surface area contributed by atoms with Gasteiger partial charge in [-0.15, -0.1) is 12.6 Å². The number of hydrogen-bond acceptors (Lipinski definition) is 2. The normalized spacial score (nSPS) is 8.42. The second-order valence-corrected chi connectivity index (χ2v) is 2.77. The van der Waals surface area contributed by atoms with E-state index in [-0.39, 0.29) is 0 Å². The van der Waals surface area contributed by atoms with E-state index in [1.165, 1.54) is 5.56 Å². The van der Waals surface area contributed by atoms with Crippen LogP contribution in [-0.4, -0.2) is 7.05 Å². The monoisotopic (exact) mass is 183 g/mol. The molecule has 1 aromatic rings. The Balaban J connectivity index is 0.000000561. The van der Waals surface area contributed by atoms with E-state index in [1.807, 2.05) is 39.1 Å². The second kappa shape index (κ2) is 5.95. The van der Waals surface area contributed by atoms with Crippen LogP contribution < -0.4 is 5.32 Å². The number of nitrogens with one attached hydrogen (secondary N) is 1. The van der Waals surface area contributed by atoms with Crippen molar-refractivity contribution in [2.24, 2.45) is 0 Å². The smallest absolute Gasteiger partial charge is 0.0368 e. The molecule has 0 bridgehead atoms. The number of thiol groups is 1. The Morgan fingerprint density at radius 3 is 2.25 bits per heavy atom. The Labute approximate surface area is 80.6 Å². The first-order valence-corrected chi connectivity index (χ1v) is 4.66. The summed E-state index contributed by atoms with van der Waals surface area (Å²) in [5, 5.41) is 3.09. The maximum atomic E-state index is 4.21. The van der Waals surface area contributed by atoms with Gasteiger partial charge < -0.3 is 5.32 Å². The Hall–Kier alpha value is -0.630. The molecule has 0 radical (unpaired) electrons. The SMILES string of the molecule is CC.CNc1ccc(S)cc1C. The molecule has 0 heterocycles. The molecule has 0 spiro atoms. The zero-order valence-corrected chi connectivity index (χ0v) is 9.07. The lowest BCUT2D eigenvalue weighted by molar-refractivity contribution is 1.34. The summed E-state index contributed by atoms with van der Waals surface area (Å²) >= 11 is 4.21. The molecule has 0 saturated heterocycles. The van der Waals surface area contributed by atoms with Crippen molar-refractivity contribution in [1.29, 1.82) is 0 Å². The fraction of sp³-hybridized carbons (Fsp3) is 0.400. The molecule has 0 atom stereocenters. The van der Waals surface area contributed by atoms with Gasteiger partial charge in [-0.05, 0) is 30.7 Å². The number of rotatable bonds is 1. The first-order valence-electron chi connectivity index (χ1n) is 4.21. The standard InChI is InChI=1S/C8H11NS.C2H6/c1-6-5-7(10)3-4-8(6)9-2;1-2/h3-5,9-10H,1-2H3;1-2H3. The fourth-order valence-corrected chi connectivity index (χ4v) is 1.20. The van der Waals surface area contributed by atoms with Crippen LogP contribution in [-0.2, 0) is 0 Å². The van der Waals surface area contributed by atoms with Crippen molar-refractivity contribution in [2.75, 3.05) is 12.4 Å². The van der Waals surface area contributed by atoms with Crippen molar-refractivity contribution in [1.82, 2.24) is 0 Å². The van der Waals surface area contributed by atoms with E-state index in [0.717, 1.165) is 10.6 Å². The van der Waals surface area contributed by atoms with Gasteiger partial charge in [0, 0.05) is 17.6 Å². The van der Waals surface area contributed by atoms with Crippen molar-refractivity contribution in [3.05, 3.63) is 23.8 Å². The molecule has 0 aliphatic rings. The minimum atomic E-state index is 1.01. The molecule has 1 nitrogen and oxygen atoms in total. The van der Waals surface area contributed by atoms with Gasteiger partial charge in [-0.25, -0.2) is 0 Å². The van der Waals surface area contributed by atoms with E-state index < -0.39 is 0 Å². The average Bonchev–Trinajstić information content (AvgIpc) is 2.08. The van der Waals surface area contributed by atoms with Crippen LogP contribution in [0.3, 0.4) is 0 Å². The fourth-order valence-electron chi connectivity index (χ4n) is 0.928. The Kier molecular flexibility index (Phi) is 5.64. The summed E-state index contributed by atoms with van der Waals surface area (Å²) in [4.78, 5) is 1.01. The summed E-state index contributed by atoms with van der Waals surface area (Å²) < 4.78 is 0. The molecule has 1 rings (SSSR count). The van der Waals surface area contributed by atoms with Gasteiger partial charge in [-0.2, -0.15) is 0 Å². The zero-order valence-electron chi connectivity index (χ0n) is 8.18. The van der Waals surface area contributed by atoms with E-state index in [1.54, 1.807) is 0 Å². The van der Waals surface area contributed by atoms with Crippen LogP contribution in [0, 0.1) is 6.92 Å². The van der Waals surface area contributed by atoms with Crippen LogP contribution in [0.15, 0.2) is 23.1 Å². The maximum Gasteiger partial charge on any atom is 0.0368 e. The summed E-state index contributed by atoms with van der Waals surface area (Å²) in [6.07, 6.45) is 0. The van der Waals surface area contributed by atoms with Crippen molar-refractivity contribution < 1.29 is 0 Å². The molecule has 0 aliphatic carbocycles. The van der Waals surface area contributed by atoms with Gasteiger partial charge in [0.2, 0.25) is 0 Å². The Morgan fingerprint density at radius 2 is 1.83 bits per heavy atom. The van der Waals surface area contributed by atoms with Gasteiger partial charge in [0.05, 0.1) is 0 Å². The number of benzene rings is 1. The minimum absolute atomic E-state index is 1.01. The molecule has 2 heteroatoms. The van der Waals surface area contributed by atoms with E-state index >= 15 is 0 Å². The Bertz CT molecular complexity index is 233. The molecule has 1 aromatic carbocycles. The molecule has 1 N–H and O–H groups in total. The van der Waals surface area contributed by atoms with Crippen LogP contribution in [0.5, 0.6) is 0 Å². The lowest BCUT2D eigenvalue weighted by atomic mass is 10.2. The number of anilines is 1. The van der Waals surface area contributed by atoms with Gasteiger partial charge in [-0.3, -0.25) is 0 Å². The molecule has 0 fully saturated rings. The van der Waals surface area contributed by atoms with Gasteiger partial charge in [0.1, 0.15) is 0 Å². The van der Waals surface area contributed by atoms with Crippen LogP contribution >= 0.6 is 12.6 Å². The van der Waals surface area contributed by atoms with Gasteiger partial charge >= 0.3 is 0 Å². The first kappa shape index (κ1) is 11.4. The molecule has 0 saturated carbocycles. The minimum Gasteiger partial charge on any atom is -0.388 e. The highest BCUT2D eigenvalue weighted by Crippen LogP contribution is 2.17. The molecule has 0 aliphatic heterocycles. The summed E-state index contributed by atoms with van der Waals surface area (Å²) in [6.45, 7) is 6.06. The second-order valence-electron chi connectivity index (χ2n) is 2.25. The van der Waals surface area contributed by atoms with Crippen molar-refractivity contribution in [3.63, 3.8) is 0 Å². The van der Waals surface area contributed by atoms with Crippen molar-refractivity contribution in [3.8, 4) is 0 Å². The van der Waals surface area contributed by atoms with E-state index in [4.69, 9.17) is 0 Å².